The van der Waals surface area contributed by atoms with Crippen molar-refractivity contribution in [3.63, 3.8) is 0 Å². The molecule has 72 valence electrons. The second-order valence-electron chi connectivity index (χ2n) is 2.62. The van der Waals surface area contributed by atoms with Crippen LogP contribution in [-0.4, -0.2) is 27.7 Å². The molecule has 0 radical (unpaired) electrons. The van der Waals surface area contributed by atoms with Gasteiger partial charge in [0.1, 0.15) is 5.54 Å². The predicted molar refractivity (Wildman–Crippen MR) is 44.3 cm³/mol. The summed E-state index contributed by atoms with van der Waals surface area (Å²) < 4.78 is 0. The second kappa shape index (κ2) is 4.95. The predicted octanol–water partition coefficient (Wildman–Crippen LogP) is 0.0750. The number of carbonyl (C=O) groups is 2. The van der Waals surface area contributed by atoms with Crippen LogP contribution < -0.4 is 5.73 Å². The van der Waals surface area contributed by atoms with E-state index in [1.54, 1.807) is 0 Å². The average molecular weight is 198 g/mol. The molecule has 0 aromatic rings. The molecule has 0 aliphatic heterocycles. The quantitative estimate of drug-likeness (QED) is 0.592. The number of aliphatic carboxylic acids is 2. The Kier molecular flexibility index (Phi) is 5.67. The molecule has 0 aliphatic rings. The third-order valence-electron chi connectivity index (χ3n) is 1.35. The van der Waals surface area contributed by atoms with Crippen LogP contribution in [0.15, 0.2) is 0 Å². The van der Waals surface area contributed by atoms with Crippen LogP contribution in [0.5, 0.6) is 0 Å². The van der Waals surface area contributed by atoms with E-state index in [9.17, 15) is 9.59 Å². The summed E-state index contributed by atoms with van der Waals surface area (Å²) in [5.74, 6) is -2.22. The van der Waals surface area contributed by atoms with Gasteiger partial charge >= 0.3 is 11.9 Å². The topological polar surface area (TPSA) is 101 Å². The first-order valence-corrected chi connectivity index (χ1v) is 3.10. The van der Waals surface area contributed by atoms with E-state index in [4.69, 9.17) is 15.9 Å². The number of hydrogen-bond acceptors (Lipinski definition) is 3. The van der Waals surface area contributed by atoms with Gasteiger partial charge in [-0.2, -0.15) is 0 Å². The number of carboxylic acid groups (broad SMARTS) is 2. The molecule has 1 atom stereocenters. The van der Waals surface area contributed by atoms with Gasteiger partial charge in [-0.15, -0.1) is 12.4 Å². The molecule has 0 spiro atoms. The Hall–Kier alpha value is -0.810. The van der Waals surface area contributed by atoms with Gasteiger partial charge in [0.15, 0.2) is 0 Å². The summed E-state index contributed by atoms with van der Waals surface area (Å²) in [5, 5.41) is 16.6. The van der Waals surface area contributed by atoms with E-state index in [0.717, 1.165) is 0 Å². The molecule has 0 unspecified atom stereocenters. The van der Waals surface area contributed by atoms with Crippen LogP contribution in [0.1, 0.15) is 19.8 Å². The van der Waals surface area contributed by atoms with E-state index in [0.29, 0.717) is 0 Å². The van der Waals surface area contributed by atoms with Crippen molar-refractivity contribution in [3.05, 3.63) is 0 Å². The maximum Gasteiger partial charge on any atom is 0.323 e. The van der Waals surface area contributed by atoms with Gasteiger partial charge in [0.25, 0.3) is 0 Å². The van der Waals surface area contributed by atoms with E-state index in [1.165, 1.54) is 6.92 Å². The molecule has 0 saturated heterocycles. The van der Waals surface area contributed by atoms with Gasteiger partial charge in [-0.25, -0.2) is 0 Å². The maximum atomic E-state index is 10.3. The fourth-order valence-electron chi connectivity index (χ4n) is 0.474. The van der Waals surface area contributed by atoms with Crippen molar-refractivity contribution in [1.29, 1.82) is 0 Å². The Morgan fingerprint density at radius 2 is 1.83 bits per heavy atom. The first-order chi connectivity index (χ1) is 4.86. The highest BCUT2D eigenvalue weighted by atomic mass is 35.5. The van der Waals surface area contributed by atoms with Gasteiger partial charge in [-0.05, 0) is 13.3 Å². The molecule has 0 heterocycles. The molecule has 0 fully saturated rings. The zero-order valence-corrected chi connectivity index (χ0v) is 7.43. The fourth-order valence-corrected chi connectivity index (χ4v) is 0.474. The summed E-state index contributed by atoms with van der Waals surface area (Å²) in [6.45, 7) is 1.29. The van der Waals surface area contributed by atoms with Crippen molar-refractivity contribution in [2.45, 2.75) is 25.3 Å². The van der Waals surface area contributed by atoms with Crippen LogP contribution in [0.25, 0.3) is 0 Å². The van der Waals surface area contributed by atoms with Crippen LogP contribution >= 0.6 is 12.4 Å². The third-order valence-corrected chi connectivity index (χ3v) is 1.35. The van der Waals surface area contributed by atoms with Crippen LogP contribution in [0.2, 0.25) is 0 Å². The fraction of sp³-hybridized carbons (Fsp3) is 0.667. The Morgan fingerprint density at radius 1 is 1.42 bits per heavy atom. The molecule has 12 heavy (non-hydrogen) atoms. The summed E-state index contributed by atoms with van der Waals surface area (Å²) in [5.41, 5.74) is 3.81. The molecule has 0 amide bonds. The van der Waals surface area contributed by atoms with Gasteiger partial charge in [0, 0.05) is 6.42 Å². The van der Waals surface area contributed by atoms with Gasteiger partial charge in [-0.3, -0.25) is 9.59 Å². The molecule has 0 saturated carbocycles. The van der Waals surface area contributed by atoms with Crippen LogP contribution in [0.3, 0.4) is 0 Å². The Labute approximate surface area is 76.0 Å². The Morgan fingerprint density at radius 3 is 2.08 bits per heavy atom. The van der Waals surface area contributed by atoms with Crippen molar-refractivity contribution in [3.8, 4) is 0 Å². The van der Waals surface area contributed by atoms with Gasteiger partial charge in [0.05, 0.1) is 0 Å². The normalized spacial score (nSPS) is 14.2. The molecular weight excluding hydrogens is 186 g/mol. The van der Waals surface area contributed by atoms with Gasteiger partial charge in [0.2, 0.25) is 0 Å². The lowest BCUT2D eigenvalue weighted by molar-refractivity contribution is -0.143. The maximum absolute atomic E-state index is 10.3. The smallest absolute Gasteiger partial charge is 0.323 e. The van der Waals surface area contributed by atoms with Crippen molar-refractivity contribution in [2.75, 3.05) is 0 Å². The molecule has 0 rings (SSSR count). The number of rotatable bonds is 4. The summed E-state index contributed by atoms with van der Waals surface area (Å²) in [7, 11) is 0. The lowest BCUT2D eigenvalue weighted by Gasteiger charge is -2.16. The van der Waals surface area contributed by atoms with E-state index < -0.39 is 17.5 Å². The summed E-state index contributed by atoms with van der Waals surface area (Å²) in [6.07, 6.45) is -0.281. The minimum atomic E-state index is -1.43. The Balaban J connectivity index is 0. The SMILES string of the molecule is C[C@@](N)(CCC(=O)O)C(=O)O.Cl. The largest absolute Gasteiger partial charge is 0.481 e. The van der Waals surface area contributed by atoms with Crippen molar-refractivity contribution >= 4 is 24.3 Å². The lowest BCUT2D eigenvalue weighted by atomic mass is 9.98. The number of hydrogen-bond donors (Lipinski definition) is 3. The molecule has 5 nitrogen and oxygen atoms in total. The van der Waals surface area contributed by atoms with Gasteiger partial charge < -0.3 is 15.9 Å². The van der Waals surface area contributed by atoms with Crippen LogP contribution in [0, 0.1) is 0 Å². The van der Waals surface area contributed by atoms with E-state index in [1.807, 2.05) is 0 Å². The number of carboxylic acids is 2. The number of nitrogens with two attached hydrogens (primary N) is 1. The molecule has 0 aromatic carbocycles. The van der Waals surface area contributed by atoms with E-state index in [-0.39, 0.29) is 25.2 Å². The first kappa shape index (κ1) is 13.8. The van der Waals surface area contributed by atoms with Crippen molar-refractivity contribution in [2.24, 2.45) is 5.73 Å². The molecule has 0 aliphatic carbocycles. The third kappa shape index (κ3) is 4.92. The summed E-state index contributed by atoms with van der Waals surface area (Å²) >= 11 is 0. The Bertz CT molecular complexity index is 180. The average Bonchev–Trinajstić information content (AvgIpc) is 1.84. The molecule has 0 aromatic heterocycles. The van der Waals surface area contributed by atoms with E-state index >= 15 is 0 Å². The second-order valence-corrected chi connectivity index (χ2v) is 2.62. The minimum Gasteiger partial charge on any atom is -0.481 e. The zero-order valence-electron chi connectivity index (χ0n) is 6.61. The van der Waals surface area contributed by atoms with Crippen molar-refractivity contribution in [1.82, 2.24) is 0 Å². The molecule has 6 heteroatoms. The monoisotopic (exact) mass is 197 g/mol. The highest BCUT2D eigenvalue weighted by Crippen LogP contribution is 2.08. The molecular formula is C6H12ClNO4. The summed E-state index contributed by atoms with van der Waals surface area (Å²) in [6, 6.07) is 0. The van der Waals surface area contributed by atoms with Crippen LogP contribution in [0.4, 0.5) is 0 Å². The minimum absolute atomic E-state index is 0. The molecule has 4 N–H and O–H groups in total. The lowest BCUT2D eigenvalue weighted by Crippen LogP contribution is -2.45. The first-order valence-electron chi connectivity index (χ1n) is 3.10. The number of halogens is 1. The summed E-state index contributed by atoms with van der Waals surface area (Å²) in [4.78, 5) is 20.3. The van der Waals surface area contributed by atoms with E-state index in [2.05, 4.69) is 0 Å². The van der Waals surface area contributed by atoms with Crippen LogP contribution in [-0.2, 0) is 9.59 Å². The highest BCUT2D eigenvalue weighted by Gasteiger charge is 2.27. The van der Waals surface area contributed by atoms with Crippen molar-refractivity contribution < 1.29 is 19.8 Å². The van der Waals surface area contributed by atoms with Gasteiger partial charge in [-0.1, -0.05) is 0 Å². The zero-order chi connectivity index (χ0) is 9.07. The standard InChI is InChI=1S/C6H11NO4.ClH/c1-6(7,5(10)11)3-2-4(8)9;/h2-3,7H2,1H3,(H,8,9)(H,10,11);1H/t6-;/m1./s1. The highest BCUT2D eigenvalue weighted by molar-refractivity contribution is 5.85. The molecule has 0 bridgehead atoms.